The molecule has 11 nitrogen and oxygen atoms in total. The zero-order valence-corrected chi connectivity index (χ0v) is 29.3. The highest BCUT2D eigenvalue weighted by Gasteiger charge is 2.52. The number of benzene rings is 1. The topological polar surface area (TPSA) is 129 Å². The van der Waals surface area contributed by atoms with Gasteiger partial charge in [-0.15, -0.1) is 6.58 Å². The van der Waals surface area contributed by atoms with Crippen LogP contribution in [0.2, 0.25) is 0 Å². The van der Waals surface area contributed by atoms with Crippen molar-refractivity contribution in [1.82, 2.24) is 20.2 Å². The van der Waals surface area contributed by atoms with Gasteiger partial charge in [0, 0.05) is 12.0 Å². The number of carbonyl (C=O) groups excluding carboxylic acids is 3. The van der Waals surface area contributed by atoms with Gasteiger partial charge >= 0.3 is 18.0 Å². The maximum atomic E-state index is 15.2. The highest BCUT2D eigenvalue weighted by Crippen LogP contribution is 2.40. The Bertz CT molecular complexity index is 1560. The molecule has 49 heavy (non-hydrogen) atoms. The lowest BCUT2D eigenvalue weighted by Crippen LogP contribution is -2.57. The molecule has 13 heteroatoms. The average molecular weight is 687 g/mol. The van der Waals surface area contributed by atoms with Crippen molar-refractivity contribution < 1.29 is 42.1 Å². The van der Waals surface area contributed by atoms with E-state index in [2.05, 4.69) is 28.4 Å². The molecule has 0 unspecified atom stereocenters. The number of esters is 1. The molecule has 0 spiro atoms. The highest BCUT2D eigenvalue weighted by atomic mass is 19.3. The third-order valence-electron chi connectivity index (χ3n) is 8.79. The van der Waals surface area contributed by atoms with Crippen LogP contribution in [-0.2, 0) is 25.0 Å². The minimum Gasteiger partial charge on any atom is -0.497 e. The number of allylic oxidation sites excluding steroid dienone is 2. The molecule has 268 valence electrons. The van der Waals surface area contributed by atoms with E-state index in [0.29, 0.717) is 11.8 Å². The zero-order valence-electron chi connectivity index (χ0n) is 29.3. The minimum absolute atomic E-state index is 0.0157. The summed E-state index contributed by atoms with van der Waals surface area (Å²) in [4.78, 5) is 50.8. The molecule has 2 aromatic rings. The lowest BCUT2D eigenvalue weighted by atomic mass is 9.85. The maximum absolute atomic E-state index is 15.2. The Morgan fingerprint density at radius 2 is 1.84 bits per heavy atom. The van der Waals surface area contributed by atoms with Crippen LogP contribution >= 0.6 is 0 Å². The molecule has 0 bridgehead atoms. The molecule has 6 atom stereocenters. The van der Waals surface area contributed by atoms with Gasteiger partial charge in [0.05, 0.1) is 31.3 Å². The van der Waals surface area contributed by atoms with Crippen molar-refractivity contribution in [2.75, 3.05) is 20.3 Å². The number of ether oxygens (including phenoxy) is 4. The number of halogens is 2. The number of amides is 2. The second kappa shape index (κ2) is 15.1. The standard InChI is InChI=1S/C36H48F2N4O7/c1-10-12-13-22-16-26(22)49-34(45)41-30(35(6,7)8)32(43)42-18-27(21(5)28(42)33(44)47-19-20(3)4)48-31-29(36(37,38)11-2)39-24-15-14-23(46-9)17-25(24)40-31/h10-11,14-15,17,20-22,26-28,30H,1-2,12-13,16,18-19H2,3-9H3,(H,41,45)/t21-,22-,26-,27+,28+,30-/m1/s1. The van der Waals surface area contributed by atoms with Crippen LogP contribution in [0.1, 0.15) is 66.5 Å². The third-order valence-corrected chi connectivity index (χ3v) is 8.79. The van der Waals surface area contributed by atoms with Crippen molar-refractivity contribution in [1.29, 1.82) is 0 Å². The van der Waals surface area contributed by atoms with Crippen molar-refractivity contribution in [2.45, 2.75) is 91.0 Å². The number of likely N-dealkylation sites (tertiary alicyclic amines) is 1. The Morgan fingerprint density at radius 1 is 1.12 bits per heavy atom. The normalized spacial score (nSPS) is 22.7. The van der Waals surface area contributed by atoms with Crippen molar-refractivity contribution in [3.05, 3.63) is 49.2 Å². The van der Waals surface area contributed by atoms with E-state index in [9.17, 15) is 14.4 Å². The number of nitrogens with zero attached hydrogens (tertiary/aromatic N) is 3. The molecule has 2 heterocycles. The van der Waals surface area contributed by atoms with E-state index in [1.807, 2.05) is 19.9 Å². The first-order valence-corrected chi connectivity index (χ1v) is 16.6. The molecule has 2 amide bonds. The summed E-state index contributed by atoms with van der Waals surface area (Å²) < 4.78 is 53.0. The predicted molar refractivity (Wildman–Crippen MR) is 179 cm³/mol. The van der Waals surface area contributed by atoms with Crippen LogP contribution in [0.25, 0.3) is 11.0 Å². The van der Waals surface area contributed by atoms with E-state index in [1.165, 1.54) is 24.1 Å². The number of nitrogens with one attached hydrogen (secondary N) is 1. The van der Waals surface area contributed by atoms with Gasteiger partial charge in [-0.05, 0) is 54.7 Å². The van der Waals surface area contributed by atoms with Crippen LogP contribution in [0.15, 0.2) is 43.5 Å². The molecule has 1 saturated carbocycles. The Labute approximate surface area is 286 Å². The summed E-state index contributed by atoms with van der Waals surface area (Å²) in [5.41, 5.74) is -1.15. The summed E-state index contributed by atoms with van der Waals surface area (Å²) in [6.45, 7) is 17.7. The fourth-order valence-electron chi connectivity index (χ4n) is 5.80. The SMILES string of the molecule is C=CCC[C@@H]1C[C@H]1OC(=O)N[C@H](C(=O)N1C[C@H](Oc2nc3cc(OC)ccc3nc2C(F)(F)C=C)[C@@H](C)[C@H]1C(=O)OCC(C)C)C(C)(C)C. The van der Waals surface area contributed by atoms with E-state index in [4.69, 9.17) is 18.9 Å². The molecule has 0 radical (unpaired) electrons. The summed E-state index contributed by atoms with van der Waals surface area (Å²) in [6.07, 6.45) is 2.69. The first-order valence-electron chi connectivity index (χ1n) is 16.6. The van der Waals surface area contributed by atoms with Gasteiger partial charge in [-0.3, -0.25) is 4.79 Å². The maximum Gasteiger partial charge on any atom is 0.408 e. The van der Waals surface area contributed by atoms with Crippen LogP contribution < -0.4 is 14.8 Å². The summed E-state index contributed by atoms with van der Waals surface area (Å²) in [7, 11) is 1.46. The van der Waals surface area contributed by atoms with Crippen molar-refractivity contribution in [3.8, 4) is 11.6 Å². The minimum atomic E-state index is -3.61. The summed E-state index contributed by atoms with van der Waals surface area (Å²) in [5.74, 6) is -5.38. The molecule has 1 aromatic heterocycles. The van der Waals surface area contributed by atoms with Gasteiger partial charge in [0.25, 0.3) is 0 Å². The van der Waals surface area contributed by atoms with Gasteiger partial charge < -0.3 is 29.2 Å². The highest BCUT2D eigenvalue weighted by molar-refractivity contribution is 5.91. The van der Waals surface area contributed by atoms with Gasteiger partial charge in [-0.2, -0.15) is 8.78 Å². The first-order chi connectivity index (χ1) is 23.0. The number of carbonyl (C=O) groups is 3. The number of hydrogen-bond acceptors (Lipinski definition) is 9. The first kappa shape index (κ1) is 37.5. The molecule has 1 N–H and O–H groups in total. The quantitative estimate of drug-likeness (QED) is 0.182. The number of alkyl carbamates (subject to hydrolysis) is 1. The van der Waals surface area contributed by atoms with Gasteiger partial charge in [0.2, 0.25) is 11.8 Å². The molecule has 2 fully saturated rings. The molecule has 1 aromatic carbocycles. The van der Waals surface area contributed by atoms with E-state index >= 15 is 8.78 Å². The lowest BCUT2D eigenvalue weighted by molar-refractivity contribution is -0.156. The van der Waals surface area contributed by atoms with E-state index in [-0.39, 0.29) is 42.1 Å². The van der Waals surface area contributed by atoms with Gasteiger partial charge in [-0.1, -0.05) is 54.2 Å². The van der Waals surface area contributed by atoms with Gasteiger partial charge in [0.1, 0.15) is 30.0 Å². The number of alkyl halides is 2. The predicted octanol–water partition coefficient (Wildman–Crippen LogP) is 6.21. The van der Waals surface area contributed by atoms with Crippen LogP contribution in [0.4, 0.5) is 13.6 Å². The van der Waals surface area contributed by atoms with Crippen molar-refractivity contribution >= 4 is 29.0 Å². The largest absolute Gasteiger partial charge is 0.497 e. The molecule has 1 saturated heterocycles. The molecule has 2 aliphatic rings. The van der Waals surface area contributed by atoms with Crippen molar-refractivity contribution in [2.24, 2.45) is 23.2 Å². The Kier molecular flexibility index (Phi) is 11.6. The fraction of sp³-hybridized carbons (Fsp3) is 0.583. The van der Waals surface area contributed by atoms with Crippen molar-refractivity contribution in [3.63, 3.8) is 0 Å². The number of aromatic nitrogens is 2. The third kappa shape index (κ3) is 8.85. The second-order valence-corrected chi connectivity index (χ2v) is 14.3. The lowest BCUT2D eigenvalue weighted by Gasteiger charge is -2.35. The number of fused-ring (bicyclic) bond motifs is 1. The Balaban J connectivity index is 1.66. The van der Waals surface area contributed by atoms with Gasteiger partial charge in [0.15, 0.2) is 5.69 Å². The average Bonchev–Trinajstić information content (AvgIpc) is 3.70. The molecule has 4 rings (SSSR count). The molecule has 1 aliphatic heterocycles. The summed E-state index contributed by atoms with van der Waals surface area (Å²) >= 11 is 0. The summed E-state index contributed by atoms with van der Waals surface area (Å²) in [6, 6.07) is 2.35. The van der Waals surface area contributed by atoms with E-state index < -0.39 is 65.0 Å². The zero-order chi connectivity index (χ0) is 36.3. The van der Waals surface area contributed by atoms with Crippen LogP contribution in [-0.4, -0.2) is 77.4 Å². The monoisotopic (exact) mass is 686 g/mol. The van der Waals surface area contributed by atoms with E-state index in [0.717, 1.165) is 19.3 Å². The Morgan fingerprint density at radius 3 is 2.45 bits per heavy atom. The summed E-state index contributed by atoms with van der Waals surface area (Å²) in [5, 5.41) is 2.73. The number of methoxy groups -OCH3 is 1. The second-order valence-electron chi connectivity index (χ2n) is 14.3. The number of hydrogen-bond donors (Lipinski definition) is 1. The molecule has 1 aliphatic carbocycles. The van der Waals surface area contributed by atoms with Crippen LogP contribution in [0.5, 0.6) is 11.6 Å². The fourth-order valence-corrected chi connectivity index (χ4v) is 5.80. The van der Waals surface area contributed by atoms with Crippen LogP contribution in [0.3, 0.4) is 0 Å². The molecular weight excluding hydrogens is 638 g/mol. The smallest absolute Gasteiger partial charge is 0.408 e. The molecular formula is C36H48F2N4O7. The van der Waals surface area contributed by atoms with Crippen LogP contribution in [0, 0.1) is 23.2 Å². The van der Waals surface area contributed by atoms with E-state index in [1.54, 1.807) is 33.8 Å². The Hall–Kier alpha value is -4.29. The van der Waals surface area contributed by atoms with Gasteiger partial charge in [-0.25, -0.2) is 19.6 Å². The number of rotatable bonds is 14.